The zero-order chi connectivity index (χ0) is 18.4. The number of carbonyl (C=O) groups is 1. The summed E-state index contributed by atoms with van der Waals surface area (Å²) in [7, 11) is 0. The Bertz CT molecular complexity index is 808. The molecule has 2 aromatic carbocycles. The Hall–Kier alpha value is -2.18. The minimum absolute atomic E-state index is 0.188. The van der Waals surface area contributed by atoms with E-state index in [2.05, 4.69) is 5.32 Å². The molecule has 2 aromatic rings. The maximum atomic E-state index is 13.6. The summed E-state index contributed by atoms with van der Waals surface area (Å²) < 4.78 is 24.2. The van der Waals surface area contributed by atoms with Crippen LogP contribution in [0.25, 0.3) is 6.08 Å². The van der Waals surface area contributed by atoms with Crippen molar-refractivity contribution in [2.45, 2.75) is 5.75 Å². The van der Waals surface area contributed by atoms with Crippen LogP contribution in [0.4, 0.5) is 4.39 Å². The molecule has 7 heteroatoms. The first-order chi connectivity index (χ1) is 12.6. The topological polar surface area (TPSA) is 47.6 Å². The number of thioether (sulfide) groups is 1. The zero-order valence-corrected chi connectivity index (χ0v) is 15.4. The Morgan fingerprint density at radius 1 is 1.27 bits per heavy atom. The summed E-state index contributed by atoms with van der Waals surface area (Å²) in [6.07, 6.45) is 3.18. The third-order valence-corrected chi connectivity index (χ3v) is 5.02. The van der Waals surface area contributed by atoms with Gasteiger partial charge < -0.3 is 14.8 Å². The van der Waals surface area contributed by atoms with E-state index < -0.39 is 0 Å². The van der Waals surface area contributed by atoms with Gasteiger partial charge in [0.25, 0.3) is 0 Å². The molecule has 0 saturated heterocycles. The molecule has 1 aliphatic rings. The average Bonchev–Trinajstić information content (AvgIpc) is 3.09. The summed E-state index contributed by atoms with van der Waals surface area (Å²) in [5, 5.41) is 3.22. The van der Waals surface area contributed by atoms with Crippen LogP contribution in [0.2, 0.25) is 5.02 Å². The number of benzene rings is 2. The van der Waals surface area contributed by atoms with Gasteiger partial charge >= 0.3 is 0 Å². The van der Waals surface area contributed by atoms with Gasteiger partial charge in [-0.2, -0.15) is 11.8 Å². The van der Waals surface area contributed by atoms with Crippen molar-refractivity contribution in [1.29, 1.82) is 0 Å². The number of halogens is 2. The van der Waals surface area contributed by atoms with Crippen molar-refractivity contribution in [3.8, 4) is 11.5 Å². The maximum absolute atomic E-state index is 13.6. The van der Waals surface area contributed by atoms with E-state index in [9.17, 15) is 9.18 Å². The van der Waals surface area contributed by atoms with Crippen molar-refractivity contribution in [3.63, 3.8) is 0 Å². The van der Waals surface area contributed by atoms with E-state index in [-0.39, 0.29) is 18.5 Å². The molecule has 1 heterocycles. The summed E-state index contributed by atoms with van der Waals surface area (Å²) in [5.74, 6) is 2.02. The number of carbonyl (C=O) groups excluding carboxylic acids is 1. The van der Waals surface area contributed by atoms with E-state index in [1.54, 1.807) is 18.2 Å². The second-order valence-electron chi connectivity index (χ2n) is 5.49. The number of fused-ring (bicyclic) bond motifs is 1. The summed E-state index contributed by atoms with van der Waals surface area (Å²) in [6.45, 7) is 0.708. The number of rotatable bonds is 7. The second-order valence-corrected chi connectivity index (χ2v) is 7.00. The summed E-state index contributed by atoms with van der Waals surface area (Å²) in [5.41, 5.74) is 1.35. The van der Waals surface area contributed by atoms with Crippen molar-refractivity contribution < 1.29 is 18.7 Å². The Morgan fingerprint density at radius 3 is 2.96 bits per heavy atom. The molecule has 0 unspecified atom stereocenters. The van der Waals surface area contributed by atoms with E-state index in [1.807, 2.05) is 18.2 Å². The Kier molecular flexibility index (Phi) is 6.41. The number of nitrogens with one attached hydrogen (secondary N) is 1. The highest BCUT2D eigenvalue weighted by atomic mass is 35.5. The van der Waals surface area contributed by atoms with Gasteiger partial charge in [0.2, 0.25) is 12.7 Å². The fourth-order valence-electron chi connectivity index (χ4n) is 2.34. The summed E-state index contributed by atoms with van der Waals surface area (Å²) in [6, 6.07) is 10.1. The lowest BCUT2D eigenvalue weighted by Gasteiger charge is -2.06. The lowest BCUT2D eigenvalue weighted by Crippen LogP contribution is -2.23. The van der Waals surface area contributed by atoms with Gasteiger partial charge in [-0.1, -0.05) is 23.7 Å². The molecule has 0 atom stereocenters. The van der Waals surface area contributed by atoms with Crippen molar-refractivity contribution in [2.75, 3.05) is 19.1 Å². The normalized spacial score (nSPS) is 12.5. The van der Waals surface area contributed by atoms with Crippen LogP contribution in [-0.2, 0) is 10.5 Å². The Balaban J connectivity index is 1.39. The summed E-state index contributed by atoms with van der Waals surface area (Å²) in [4.78, 5) is 11.8. The molecule has 4 nitrogen and oxygen atoms in total. The summed E-state index contributed by atoms with van der Waals surface area (Å²) >= 11 is 7.49. The van der Waals surface area contributed by atoms with Crippen LogP contribution >= 0.6 is 23.4 Å². The van der Waals surface area contributed by atoms with Gasteiger partial charge in [-0.05, 0) is 35.9 Å². The van der Waals surface area contributed by atoms with Crippen LogP contribution in [0, 0.1) is 5.82 Å². The maximum Gasteiger partial charge on any atom is 0.244 e. The molecule has 0 spiro atoms. The van der Waals surface area contributed by atoms with Crippen LogP contribution in [0.15, 0.2) is 42.5 Å². The third kappa shape index (κ3) is 4.93. The molecule has 0 aliphatic carbocycles. The molecule has 136 valence electrons. The van der Waals surface area contributed by atoms with Crippen molar-refractivity contribution in [2.24, 2.45) is 0 Å². The van der Waals surface area contributed by atoms with Crippen LogP contribution in [0.3, 0.4) is 0 Å². The molecule has 0 fully saturated rings. The molecule has 0 bridgehead atoms. The van der Waals surface area contributed by atoms with Gasteiger partial charge in [0, 0.05) is 34.7 Å². The van der Waals surface area contributed by atoms with Crippen LogP contribution in [0.1, 0.15) is 11.1 Å². The molecular weight excluding hydrogens is 377 g/mol. The van der Waals surface area contributed by atoms with Gasteiger partial charge in [0.1, 0.15) is 5.82 Å². The van der Waals surface area contributed by atoms with Gasteiger partial charge in [-0.3, -0.25) is 4.79 Å². The monoisotopic (exact) mass is 393 g/mol. The standard InChI is InChI=1S/C19H17ClFNO3S/c20-15-2-1-3-16(21)14(15)11-26-9-8-22-19(23)7-5-13-4-6-17-18(10-13)25-12-24-17/h1-7,10H,8-9,11-12H2,(H,22,23)/b7-5+. The highest BCUT2D eigenvalue weighted by Gasteiger charge is 2.12. The molecule has 26 heavy (non-hydrogen) atoms. The predicted molar refractivity (Wildman–Crippen MR) is 102 cm³/mol. The van der Waals surface area contributed by atoms with E-state index >= 15 is 0 Å². The van der Waals surface area contributed by atoms with Crippen molar-refractivity contribution in [3.05, 3.63) is 64.4 Å². The minimum atomic E-state index is -0.305. The molecule has 1 N–H and O–H groups in total. The molecule has 1 amide bonds. The van der Waals surface area contributed by atoms with E-state index in [0.717, 1.165) is 5.56 Å². The number of hydrogen-bond acceptors (Lipinski definition) is 4. The highest BCUT2D eigenvalue weighted by molar-refractivity contribution is 7.98. The first-order valence-corrected chi connectivity index (χ1v) is 9.53. The van der Waals surface area contributed by atoms with Gasteiger partial charge in [0.05, 0.1) is 0 Å². The first-order valence-electron chi connectivity index (χ1n) is 7.99. The van der Waals surface area contributed by atoms with E-state index in [0.29, 0.717) is 40.1 Å². The van der Waals surface area contributed by atoms with Gasteiger partial charge in [0.15, 0.2) is 11.5 Å². The van der Waals surface area contributed by atoms with Gasteiger partial charge in [-0.15, -0.1) is 0 Å². The molecule has 1 aliphatic heterocycles. The van der Waals surface area contributed by atoms with Crippen molar-refractivity contribution in [1.82, 2.24) is 5.32 Å². The molecule has 0 saturated carbocycles. The lowest BCUT2D eigenvalue weighted by atomic mass is 10.2. The average molecular weight is 394 g/mol. The fourth-order valence-corrected chi connectivity index (χ4v) is 3.54. The van der Waals surface area contributed by atoms with Crippen LogP contribution in [-0.4, -0.2) is 25.0 Å². The SMILES string of the molecule is O=C(/C=C/c1ccc2c(c1)OCO2)NCCSCc1c(F)cccc1Cl. The van der Waals surface area contributed by atoms with Gasteiger partial charge in [-0.25, -0.2) is 4.39 Å². The Labute approximate surface area is 160 Å². The second kappa shape index (κ2) is 8.96. The minimum Gasteiger partial charge on any atom is -0.454 e. The molecule has 0 radical (unpaired) electrons. The third-order valence-electron chi connectivity index (χ3n) is 3.68. The molecule has 3 rings (SSSR count). The number of amides is 1. The number of ether oxygens (including phenoxy) is 2. The van der Waals surface area contributed by atoms with E-state index in [1.165, 1.54) is 23.9 Å². The van der Waals surface area contributed by atoms with Crippen molar-refractivity contribution >= 4 is 35.3 Å². The lowest BCUT2D eigenvalue weighted by molar-refractivity contribution is -0.116. The number of hydrogen-bond donors (Lipinski definition) is 1. The molecular formula is C19H17ClFNO3S. The smallest absolute Gasteiger partial charge is 0.244 e. The Morgan fingerprint density at radius 2 is 2.12 bits per heavy atom. The molecule has 0 aromatic heterocycles. The quantitative estimate of drug-likeness (QED) is 0.563. The van der Waals surface area contributed by atoms with Crippen LogP contribution < -0.4 is 14.8 Å². The van der Waals surface area contributed by atoms with E-state index in [4.69, 9.17) is 21.1 Å². The fraction of sp³-hybridized carbons (Fsp3) is 0.211. The zero-order valence-electron chi connectivity index (χ0n) is 13.8. The highest BCUT2D eigenvalue weighted by Crippen LogP contribution is 2.32. The van der Waals surface area contributed by atoms with Crippen LogP contribution in [0.5, 0.6) is 11.5 Å². The predicted octanol–water partition coefficient (Wildman–Crippen LogP) is 4.27. The first kappa shape index (κ1) is 18.6. The largest absolute Gasteiger partial charge is 0.454 e.